The Morgan fingerprint density at radius 1 is 1.48 bits per heavy atom. The molecule has 124 valence electrons. The van der Waals surface area contributed by atoms with Crippen molar-refractivity contribution in [1.82, 2.24) is 15.1 Å². The van der Waals surface area contributed by atoms with Gasteiger partial charge in [0, 0.05) is 18.4 Å². The molecule has 0 aliphatic carbocycles. The number of aromatic nitrogens is 2. The largest absolute Gasteiger partial charge is 0.326 e. The van der Waals surface area contributed by atoms with E-state index in [2.05, 4.69) is 15.7 Å². The lowest BCUT2D eigenvalue weighted by Gasteiger charge is -2.22. The standard InChI is InChI=1S/C16H19FN4O.ClH/c1-11-8-19-21(10-11)15-5-4-13(7-14(15)17)20-16(22)12-3-2-6-18-9-12;/h4-5,7-8,10,12,18H,2-3,6,9H2,1H3,(H,20,22);1H. The van der Waals surface area contributed by atoms with Crippen molar-refractivity contribution in [3.05, 3.63) is 42.0 Å². The summed E-state index contributed by atoms with van der Waals surface area (Å²) in [5.41, 5.74) is 1.80. The van der Waals surface area contributed by atoms with Crippen LogP contribution < -0.4 is 10.6 Å². The van der Waals surface area contributed by atoms with Gasteiger partial charge in [-0.2, -0.15) is 5.10 Å². The van der Waals surface area contributed by atoms with Crippen molar-refractivity contribution in [1.29, 1.82) is 0 Å². The van der Waals surface area contributed by atoms with Crippen molar-refractivity contribution >= 4 is 24.0 Å². The number of rotatable bonds is 3. The van der Waals surface area contributed by atoms with Crippen molar-refractivity contribution in [3.63, 3.8) is 0 Å². The first kappa shape index (κ1) is 17.4. The van der Waals surface area contributed by atoms with E-state index in [1.165, 1.54) is 10.7 Å². The zero-order valence-corrected chi connectivity index (χ0v) is 13.7. The van der Waals surface area contributed by atoms with Crippen LogP contribution in [0.15, 0.2) is 30.6 Å². The summed E-state index contributed by atoms with van der Waals surface area (Å²) < 4.78 is 15.7. The van der Waals surface area contributed by atoms with E-state index in [1.807, 2.05) is 6.92 Å². The van der Waals surface area contributed by atoms with Crippen LogP contribution in [-0.4, -0.2) is 28.8 Å². The number of carbonyl (C=O) groups is 1. The number of nitrogens with zero attached hydrogens (tertiary/aromatic N) is 2. The van der Waals surface area contributed by atoms with E-state index in [9.17, 15) is 9.18 Å². The Labute approximate surface area is 140 Å². The lowest BCUT2D eigenvalue weighted by molar-refractivity contribution is -0.120. The van der Waals surface area contributed by atoms with E-state index in [4.69, 9.17) is 0 Å². The summed E-state index contributed by atoms with van der Waals surface area (Å²) >= 11 is 0. The second-order valence-electron chi connectivity index (χ2n) is 5.66. The van der Waals surface area contributed by atoms with Crippen molar-refractivity contribution in [2.45, 2.75) is 19.8 Å². The number of amides is 1. The Morgan fingerprint density at radius 3 is 2.91 bits per heavy atom. The predicted octanol–water partition coefficient (Wildman–Crippen LogP) is 2.68. The molecule has 0 saturated carbocycles. The normalized spacial score (nSPS) is 17.4. The molecule has 2 heterocycles. The van der Waals surface area contributed by atoms with Crippen molar-refractivity contribution in [2.75, 3.05) is 18.4 Å². The summed E-state index contributed by atoms with van der Waals surface area (Å²) in [6.07, 6.45) is 5.28. The second kappa shape index (κ2) is 7.57. The fourth-order valence-corrected chi connectivity index (χ4v) is 2.63. The number of hydrogen-bond donors (Lipinski definition) is 2. The smallest absolute Gasteiger partial charge is 0.228 e. The average Bonchev–Trinajstić information content (AvgIpc) is 2.94. The molecule has 1 amide bonds. The number of aryl methyl sites for hydroxylation is 1. The van der Waals surface area contributed by atoms with Crippen LogP contribution in [0.4, 0.5) is 10.1 Å². The van der Waals surface area contributed by atoms with E-state index < -0.39 is 5.82 Å². The monoisotopic (exact) mass is 338 g/mol. The average molecular weight is 339 g/mol. The van der Waals surface area contributed by atoms with Gasteiger partial charge in [0.1, 0.15) is 5.69 Å². The third-order valence-corrected chi connectivity index (χ3v) is 3.84. The molecule has 1 saturated heterocycles. The van der Waals surface area contributed by atoms with E-state index >= 15 is 0 Å². The van der Waals surface area contributed by atoms with Gasteiger partial charge in [-0.3, -0.25) is 4.79 Å². The van der Waals surface area contributed by atoms with Gasteiger partial charge in [0.2, 0.25) is 5.91 Å². The number of hydrogen-bond acceptors (Lipinski definition) is 3. The molecular formula is C16H20ClFN4O. The molecule has 1 atom stereocenters. The van der Waals surface area contributed by atoms with Crippen molar-refractivity contribution in [3.8, 4) is 5.69 Å². The molecular weight excluding hydrogens is 319 g/mol. The van der Waals surface area contributed by atoms with Gasteiger partial charge < -0.3 is 10.6 Å². The molecule has 0 bridgehead atoms. The Balaban J connectivity index is 0.00000192. The number of benzene rings is 1. The maximum absolute atomic E-state index is 14.2. The SMILES string of the molecule is Cc1cnn(-c2ccc(NC(=O)C3CCCNC3)cc2F)c1.Cl. The minimum absolute atomic E-state index is 0. The molecule has 5 nitrogen and oxygen atoms in total. The summed E-state index contributed by atoms with van der Waals surface area (Å²) in [6, 6.07) is 4.65. The highest BCUT2D eigenvalue weighted by Gasteiger charge is 2.21. The molecule has 3 rings (SSSR count). The zero-order chi connectivity index (χ0) is 15.5. The third-order valence-electron chi connectivity index (χ3n) is 3.84. The van der Waals surface area contributed by atoms with Gasteiger partial charge in [0.15, 0.2) is 5.82 Å². The van der Waals surface area contributed by atoms with Gasteiger partial charge in [-0.1, -0.05) is 0 Å². The molecule has 1 aliphatic rings. The number of carbonyl (C=O) groups excluding carboxylic acids is 1. The minimum atomic E-state index is -0.414. The summed E-state index contributed by atoms with van der Waals surface area (Å²) in [4.78, 5) is 12.1. The second-order valence-corrected chi connectivity index (χ2v) is 5.66. The molecule has 7 heteroatoms. The molecule has 0 spiro atoms. The van der Waals surface area contributed by atoms with E-state index in [0.717, 1.165) is 24.9 Å². The molecule has 1 aliphatic heterocycles. The van der Waals surface area contributed by atoms with Crippen LogP contribution in [0.3, 0.4) is 0 Å². The van der Waals surface area contributed by atoms with Crippen LogP contribution in [0.5, 0.6) is 0 Å². The summed E-state index contributed by atoms with van der Waals surface area (Å²) in [5, 5.41) is 10.1. The zero-order valence-electron chi connectivity index (χ0n) is 12.9. The Bertz CT molecular complexity index is 682. The molecule has 23 heavy (non-hydrogen) atoms. The number of nitrogens with one attached hydrogen (secondary N) is 2. The quantitative estimate of drug-likeness (QED) is 0.904. The van der Waals surface area contributed by atoms with Gasteiger partial charge >= 0.3 is 0 Å². The van der Waals surface area contributed by atoms with Crippen LogP contribution in [0, 0.1) is 18.7 Å². The van der Waals surface area contributed by atoms with Gasteiger partial charge in [0.05, 0.1) is 12.1 Å². The number of piperidine rings is 1. The first-order chi connectivity index (χ1) is 10.6. The highest BCUT2D eigenvalue weighted by atomic mass is 35.5. The maximum Gasteiger partial charge on any atom is 0.228 e. The summed E-state index contributed by atoms with van der Waals surface area (Å²) in [5.74, 6) is -0.526. The molecule has 2 aromatic rings. The summed E-state index contributed by atoms with van der Waals surface area (Å²) in [6.45, 7) is 3.53. The molecule has 1 aromatic carbocycles. The minimum Gasteiger partial charge on any atom is -0.326 e. The van der Waals surface area contributed by atoms with Crippen LogP contribution in [0.25, 0.3) is 5.69 Å². The van der Waals surface area contributed by atoms with Crippen molar-refractivity contribution in [2.24, 2.45) is 5.92 Å². The first-order valence-corrected chi connectivity index (χ1v) is 7.46. The molecule has 1 fully saturated rings. The molecule has 1 aromatic heterocycles. The van der Waals surface area contributed by atoms with Gasteiger partial charge in [0.25, 0.3) is 0 Å². The molecule has 0 radical (unpaired) electrons. The topological polar surface area (TPSA) is 59.0 Å². The van der Waals surface area contributed by atoms with E-state index in [-0.39, 0.29) is 24.2 Å². The Hall–Kier alpha value is -1.92. The van der Waals surface area contributed by atoms with Crippen LogP contribution in [0.1, 0.15) is 18.4 Å². The molecule has 2 N–H and O–H groups in total. The Kier molecular flexibility index (Phi) is 5.74. The highest BCUT2D eigenvalue weighted by molar-refractivity contribution is 5.92. The number of anilines is 1. The van der Waals surface area contributed by atoms with Gasteiger partial charge in [-0.05, 0) is 50.1 Å². The number of halogens is 2. The van der Waals surface area contributed by atoms with E-state index in [0.29, 0.717) is 17.9 Å². The van der Waals surface area contributed by atoms with Gasteiger partial charge in [-0.25, -0.2) is 9.07 Å². The fourth-order valence-electron chi connectivity index (χ4n) is 2.63. The molecule has 1 unspecified atom stereocenters. The lowest BCUT2D eigenvalue weighted by Crippen LogP contribution is -2.37. The van der Waals surface area contributed by atoms with Crippen LogP contribution >= 0.6 is 12.4 Å². The highest BCUT2D eigenvalue weighted by Crippen LogP contribution is 2.20. The van der Waals surface area contributed by atoms with E-state index in [1.54, 1.807) is 24.5 Å². The van der Waals surface area contributed by atoms with Gasteiger partial charge in [-0.15, -0.1) is 12.4 Å². The Morgan fingerprint density at radius 2 is 2.30 bits per heavy atom. The maximum atomic E-state index is 14.2. The fraction of sp³-hybridized carbons (Fsp3) is 0.375. The lowest BCUT2D eigenvalue weighted by atomic mass is 9.99. The summed E-state index contributed by atoms with van der Waals surface area (Å²) in [7, 11) is 0. The third kappa shape index (κ3) is 4.09. The predicted molar refractivity (Wildman–Crippen MR) is 89.7 cm³/mol. The van der Waals surface area contributed by atoms with Crippen molar-refractivity contribution < 1.29 is 9.18 Å². The van der Waals surface area contributed by atoms with Crippen LogP contribution in [-0.2, 0) is 4.79 Å². The van der Waals surface area contributed by atoms with Crippen LogP contribution in [0.2, 0.25) is 0 Å². The first-order valence-electron chi connectivity index (χ1n) is 7.46.